The Balaban J connectivity index is 1.95. The summed E-state index contributed by atoms with van der Waals surface area (Å²) in [5, 5.41) is 3.63. The zero-order chi connectivity index (χ0) is 13.0. The average Bonchev–Trinajstić information content (AvgIpc) is 2.73. The zero-order valence-electron chi connectivity index (χ0n) is 11.6. The molecule has 1 aromatic carbocycles. The van der Waals surface area contributed by atoms with Crippen LogP contribution in [0.15, 0.2) is 30.4 Å². The number of rotatable bonds is 0. The summed E-state index contributed by atoms with van der Waals surface area (Å²) in [7, 11) is 0. The van der Waals surface area contributed by atoms with Crippen molar-refractivity contribution in [3.63, 3.8) is 0 Å². The minimum absolute atomic E-state index is 0.208. The van der Waals surface area contributed by atoms with E-state index in [0.29, 0.717) is 18.1 Å². The summed E-state index contributed by atoms with van der Waals surface area (Å²) in [6, 6.07) is 7.04. The van der Waals surface area contributed by atoms with Gasteiger partial charge in [0.15, 0.2) is 0 Å². The van der Waals surface area contributed by atoms with Gasteiger partial charge in [-0.1, -0.05) is 24.3 Å². The van der Waals surface area contributed by atoms with Crippen LogP contribution in [0, 0.1) is 12.8 Å². The monoisotopic (exact) mass is 255 g/mol. The Morgan fingerprint density at radius 2 is 2.26 bits per heavy atom. The molecule has 0 bridgehead atoms. The number of aryl methyl sites for hydroxylation is 1. The van der Waals surface area contributed by atoms with Crippen molar-refractivity contribution in [2.75, 3.05) is 6.54 Å². The molecule has 1 fully saturated rings. The number of nitrogens with one attached hydrogen (secondary N) is 1. The van der Waals surface area contributed by atoms with Gasteiger partial charge in [-0.05, 0) is 38.4 Å². The van der Waals surface area contributed by atoms with E-state index in [-0.39, 0.29) is 5.41 Å². The van der Waals surface area contributed by atoms with E-state index in [9.17, 15) is 0 Å². The smallest absolute Gasteiger partial charge is 0.123 e. The lowest BCUT2D eigenvalue weighted by atomic mass is 9.58. The van der Waals surface area contributed by atoms with Crippen LogP contribution in [0.1, 0.15) is 30.9 Å². The molecule has 1 aromatic rings. The molecule has 4 atom stereocenters. The van der Waals surface area contributed by atoms with Gasteiger partial charge < -0.3 is 10.1 Å². The fourth-order valence-corrected chi connectivity index (χ4v) is 4.61. The molecule has 0 aromatic heterocycles. The van der Waals surface area contributed by atoms with E-state index in [2.05, 4.69) is 49.5 Å². The van der Waals surface area contributed by atoms with Gasteiger partial charge in [0.05, 0.1) is 0 Å². The Morgan fingerprint density at radius 3 is 3.16 bits per heavy atom. The first kappa shape index (κ1) is 11.5. The van der Waals surface area contributed by atoms with Crippen LogP contribution in [-0.4, -0.2) is 18.7 Å². The Labute approximate surface area is 114 Å². The van der Waals surface area contributed by atoms with Crippen LogP contribution in [0.3, 0.4) is 0 Å². The van der Waals surface area contributed by atoms with Crippen molar-refractivity contribution in [3.05, 3.63) is 41.5 Å². The Kier molecular flexibility index (Phi) is 2.34. The van der Waals surface area contributed by atoms with Gasteiger partial charge >= 0.3 is 0 Å². The van der Waals surface area contributed by atoms with E-state index in [1.807, 2.05) is 0 Å². The lowest BCUT2D eigenvalue weighted by Gasteiger charge is -2.49. The van der Waals surface area contributed by atoms with Gasteiger partial charge in [0, 0.05) is 29.4 Å². The lowest BCUT2D eigenvalue weighted by Crippen LogP contribution is -2.58. The molecule has 0 saturated carbocycles. The highest BCUT2D eigenvalue weighted by molar-refractivity contribution is 5.52. The van der Waals surface area contributed by atoms with Crippen molar-refractivity contribution < 1.29 is 4.74 Å². The van der Waals surface area contributed by atoms with Gasteiger partial charge in [-0.25, -0.2) is 0 Å². The third-order valence-corrected chi connectivity index (χ3v) is 5.38. The van der Waals surface area contributed by atoms with Gasteiger partial charge in [0.1, 0.15) is 11.9 Å². The second-order valence-corrected chi connectivity index (χ2v) is 6.28. The molecule has 19 heavy (non-hydrogen) atoms. The standard InChI is InChI=1S/C17H21NO/c1-11-5-3-7-14-16(11)17-9-10-18-12(2)13(17)6-4-8-15(17)19-14/h3-7,12-13,15,18H,8-10H2,1-2H3/t12-,13?,15?,17-/m1/s1. The molecule has 4 rings (SSSR count). The number of piperidine rings is 1. The Bertz CT molecular complexity index is 550. The maximum absolute atomic E-state index is 6.32. The minimum atomic E-state index is 0.208. The van der Waals surface area contributed by atoms with Crippen LogP contribution >= 0.6 is 0 Å². The normalized spacial score (nSPS) is 39.2. The highest BCUT2D eigenvalue weighted by Gasteiger charge is 2.57. The first-order valence-electron chi connectivity index (χ1n) is 7.40. The number of hydrogen-bond donors (Lipinski definition) is 1. The summed E-state index contributed by atoms with van der Waals surface area (Å²) in [5.41, 5.74) is 3.09. The van der Waals surface area contributed by atoms with Gasteiger partial charge in [-0.3, -0.25) is 0 Å². The summed E-state index contributed by atoms with van der Waals surface area (Å²) < 4.78 is 6.32. The van der Waals surface area contributed by atoms with Crippen molar-refractivity contribution in [2.24, 2.45) is 5.92 Å². The molecular weight excluding hydrogens is 234 g/mol. The van der Waals surface area contributed by atoms with E-state index >= 15 is 0 Å². The lowest BCUT2D eigenvalue weighted by molar-refractivity contribution is 0.0668. The Morgan fingerprint density at radius 1 is 1.37 bits per heavy atom. The van der Waals surface area contributed by atoms with Crippen LogP contribution in [0.5, 0.6) is 5.75 Å². The molecule has 2 unspecified atom stereocenters. The van der Waals surface area contributed by atoms with Crippen LogP contribution in [0.4, 0.5) is 0 Å². The van der Waals surface area contributed by atoms with Crippen molar-refractivity contribution in [1.82, 2.24) is 5.32 Å². The molecule has 2 heteroatoms. The maximum Gasteiger partial charge on any atom is 0.123 e. The third kappa shape index (κ3) is 1.35. The molecule has 1 spiro atoms. The SMILES string of the molecule is Cc1cccc2c1[C@]13CCN[C@H](C)C1C=CCC3O2. The van der Waals surface area contributed by atoms with Crippen LogP contribution in [0.25, 0.3) is 0 Å². The topological polar surface area (TPSA) is 21.3 Å². The summed E-state index contributed by atoms with van der Waals surface area (Å²) >= 11 is 0. The second kappa shape index (κ2) is 3.86. The van der Waals surface area contributed by atoms with Gasteiger partial charge in [0.2, 0.25) is 0 Å². The average molecular weight is 255 g/mol. The van der Waals surface area contributed by atoms with Crippen molar-refractivity contribution in [3.8, 4) is 5.75 Å². The van der Waals surface area contributed by atoms with Crippen molar-refractivity contribution in [2.45, 2.75) is 44.2 Å². The zero-order valence-corrected chi connectivity index (χ0v) is 11.6. The number of hydrogen-bond acceptors (Lipinski definition) is 2. The molecule has 2 nitrogen and oxygen atoms in total. The van der Waals surface area contributed by atoms with Gasteiger partial charge in [-0.15, -0.1) is 0 Å². The third-order valence-electron chi connectivity index (χ3n) is 5.38. The first-order valence-corrected chi connectivity index (χ1v) is 7.40. The van der Waals surface area contributed by atoms with E-state index in [1.54, 1.807) is 0 Å². The van der Waals surface area contributed by atoms with E-state index < -0.39 is 0 Å². The largest absolute Gasteiger partial charge is 0.489 e. The van der Waals surface area contributed by atoms with Crippen LogP contribution < -0.4 is 10.1 Å². The quantitative estimate of drug-likeness (QED) is 0.720. The molecule has 100 valence electrons. The molecule has 1 aliphatic carbocycles. The van der Waals surface area contributed by atoms with Crippen molar-refractivity contribution in [1.29, 1.82) is 0 Å². The first-order chi connectivity index (χ1) is 9.23. The number of fused-ring (bicyclic) bond motifs is 1. The van der Waals surface area contributed by atoms with Gasteiger partial charge in [-0.2, -0.15) is 0 Å². The molecule has 0 radical (unpaired) electrons. The molecule has 1 N–H and O–H groups in total. The molecule has 0 amide bonds. The van der Waals surface area contributed by atoms with Crippen molar-refractivity contribution >= 4 is 0 Å². The summed E-state index contributed by atoms with van der Waals surface area (Å²) in [6.07, 6.45) is 7.33. The summed E-state index contributed by atoms with van der Waals surface area (Å²) in [5.74, 6) is 1.69. The molecule has 1 saturated heterocycles. The second-order valence-electron chi connectivity index (χ2n) is 6.28. The minimum Gasteiger partial charge on any atom is -0.489 e. The Hall–Kier alpha value is -1.28. The molecule has 3 aliphatic rings. The van der Waals surface area contributed by atoms with Crippen LogP contribution in [0.2, 0.25) is 0 Å². The number of benzene rings is 1. The van der Waals surface area contributed by atoms with E-state index in [1.165, 1.54) is 17.5 Å². The van der Waals surface area contributed by atoms with Gasteiger partial charge in [0.25, 0.3) is 0 Å². The van der Waals surface area contributed by atoms with E-state index in [4.69, 9.17) is 4.74 Å². The summed E-state index contributed by atoms with van der Waals surface area (Å²) in [4.78, 5) is 0. The fourth-order valence-electron chi connectivity index (χ4n) is 4.61. The number of ether oxygens (including phenoxy) is 1. The fraction of sp³-hybridized carbons (Fsp3) is 0.529. The highest BCUT2D eigenvalue weighted by Crippen LogP contribution is 2.56. The molecule has 2 heterocycles. The van der Waals surface area contributed by atoms with E-state index in [0.717, 1.165) is 18.7 Å². The predicted octanol–water partition coefficient (Wildman–Crippen LogP) is 2.95. The highest BCUT2D eigenvalue weighted by atomic mass is 16.5. The summed E-state index contributed by atoms with van der Waals surface area (Å²) in [6.45, 7) is 5.65. The predicted molar refractivity (Wildman–Crippen MR) is 76.6 cm³/mol. The van der Waals surface area contributed by atoms with Crippen LogP contribution in [-0.2, 0) is 5.41 Å². The molecule has 2 aliphatic heterocycles. The molecular formula is C17H21NO. The maximum atomic E-state index is 6.32.